The quantitative estimate of drug-likeness (QED) is 0.548. The van der Waals surface area contributed by atoms with Gasteiger partial charge >= 0.3 is 0 Å². The Morgan fingerprint density at radius 2 is 1.94 bits per heavy atom. The first-order valence-electron chi connectivity index (χ1n) is 6.79. The molecule has 1 aliphatic heterocycles. The Morgan fingerprint density at radius 1 is 1.17 bits per heavy atom. The van der Waals surface area contributed by atoms with Crippen LogP contribution in [0.3, 0.4) is 0 Å². The Bertz CT molecular complexity index is 373. The summed E-state index contributed by atoms with van der Waals surface area (Å²) >= 11 is 0. The van der Waals surface area contributed by atoms with Crippen LogP contribution >= 0.6 is 0 Å². The number of unbranched alkanes of at least 4 members (excludes halogenated alkanes) is 1. The van der Waals surface area contributed by atoms with E-state index in [1.54, 1.807) is 6.07 Å². The lowest BCUT2D eigenvalue weighted by Crippen LogP contribution is -2.20. The van der Waals surface area contributed by atoms with Crippen LogP contribution in [-0.4, -0.2) is 37.4 Å². The summed E-state index contributed by atoms with van der Waals surface area (Å²) in [6.45, 7) is 4.39. The summed E-state index contributed by atoms with van der Waals surface area (Å²) in [5, 5.41) is 0. The van der Waals surface area contributed by atoms with Gasteiger partial charge in [-0.25, -0.2) is 0 Å². The molecule has 1 saturated heterocycles. The molecule has 0 amide bonds. The Kier molecular flexibility index (Phi) is 5.21. The lowest BCUT2D eigenvalue weighted by molar-refractivity contribution is 0.111. The molecule has 3 heteroatoms. The molecular weight excluding hydrogens is 226 g/mol. The van der Waals surface area contributed by atoms with Crippen LogP contribution in [0.4, 0.5) is 0 Å². The average molecular weight is 247 g/mol. The minimum absolute atomic E-state index is 0.636. The molecule has 1 fully saturated rings. The minimum Gasteiger partial charge on any atom is -0.493 e. The fourth-order valence-electron chi connectivity index (χ4n) is 2.34. The van der Waals surface area contributed by atoms with E-state index in [0.29, 0.717) is 17.9 Å². The minimum atomic E-state index is 0.636. The summed E-state index contributed by atoms with van der Waals surface area (Å²) in [7, 11) is 0. The van der Waals surface area contributed by atoms with Crippen LogP contribution in [-0.2, 0) is 0 Å². The maximum atomic E-state index is 10.8. The van der Waals surface area contributed by atoms with E-state index in [1.807, 2.05) is 18.2 Å². The molecule has 1 aliphatic rings. The topological polar surface area (TPSA) is 29.5 Å². The van der Waals surface area contributed by atoms with Gasteiger partial charge < -0.3 is 9.64 Å². The fraction of sp³-hybridized carbons (Fsp3) is 0.533. The maximum absolute atomic E-state index is 10.8. The highest BCUT2D eigenvalue weighted by Crippen LogP contribution is 2.16. The molecular formula is C15H21NO2. The van der Waals surface area contributed by atoms with E-state index in [-0.39, 0.29) is 0 Å². The Hall–Kier alpha value is -1.35. The molecule has 0 aliphatic carbocycles. The van der Waals surface area contributed by atoms with Crippen LogP contribution in [0.5, 0.6) is 5.75 Å². The van der Waals surface area contributed by atoms with Gasteiger partial charge in [-0.05, 0) is 57.5 Å². The van der Waals surface area contributed by atoms with Gasteiger partial charge in [0.2, 0.25) is 0 Å². The average Bonchev–Trinajstić information content (AvgIpc) is 2.92. The van der Waals surface area contributed by atoms with Crippen LogP contribution in [0.1, 0.15) is 36.0 Å². The highest BCUT2D eigenvalue weighted by molar-refractivity contribution is 5.79. The maximum Gasteiger partial charge on any atom is 0.153 e. The van der Waals surface area contributed by atoms with Crippen LogP contribution < -0.4 is 4.74 Å². The van der Waals surface area contributed by atoms with Crippen molar-refractivity contribution in [3.05, 3.63) is 29.8 Å². The van der Waals surface area contributed by atoms with Crippen molar-refractivity contribution in [1.29, 1.82) is 0 Å². The van der Waals surface area contributed by atoms with Gasteiger partial charge in [-0.3, -0.25) is 4.79 Å². The Morgan fingerprint density at radius 3 is 2.72 bits per heavy atom. The SMILES string of the molecule is O=Cc1ccccc1OCCCCN1CCCC1. The number of hydrogen-bond acceptors (Lipinski definition) is 3. The fourth-order valence-corrected chi connectivity index (χ4v) is 2.34. The Labute approximate surface area is 109 Å². The third kappa shape index (κ3) is 3.84. The van der Waals surface area contributed by atoms with Gasteiger partial charge in [0.1, 0.15) is 5.75 Å². The zero-order valence-electron chi connectivity index (χ0n) is 10.8. The van der Waals surface area contributed by atoms with E-state index in [2.05, 4.69) is 4.90 Å². The van der Waals surface area contributed by atoms with E-state index in [4.69, 9.17) is 4.74 Å². The molecule has 0 bridgehead atoms. The number of benzene rings is 1. The molecule has 98 valence electrons. The monoisotopic (exact) mass is 247 g/mol. The standard InChI is InChI=1S/C15H21NO2/c17-13-14-7-1-2-8-15(14)18-12-6-5-11-16-9-3-4-10-16/h1-2,7-8,13H,3-6,9-12H2. The first-order valence-corrected chi connectivity index (χ1v) is 6.79. The summed E-state index contributed by atoms with van der Waals surface area (Å²) in [5.41, 5.74) is 0.636. The van der Waals surface area contributed by atoms with E-state index in [1.165, 1.54) is 38.9 Å². The third-order valence-corrected chi connectivity index (χ3v) is 3.37. The zero-order chi connectivity index (χ0) is 12.6. The van der Waals surface area contributed by atoms with Crippen molar-refractivity contribution in [3.8, 4) is 5.75 Å². The number of aldehydes is 1. The number of rotatable bonds is 7. The van der Waals surface area contributed by atoms with Crippen molar-refractivity contribution in [3.63, 3.8) is 0 Å². The second-order valence-corrected chi connectivity index (χ2v) is 4.76. The van der Waals surface area contributed by atoms with Crippen molar-refractivity contribution >= 4 is 6.29 Å². The first-order chi connectivity index (χ1) is 8.90. The molecule has 1 aromatic carbocycles. The smallest absolute Gasteiger partial charge is 0.153 e. The molecule has 0 unspecified atom stereocenters. The van der Waals surface area contributed by atoms with Crippen molar-refractivity contribution in [1.82, 2.24) is 4.90 Å². The molecule has 18 heavy (non-hydrogen) atoms. The zero-order valence-corrected chi connectivity index (χ0v) is 10.8. The summed E-state index contributed by atoms with van der Waals surface area (Å²) in [6, 6.07) is 7.38. The largest absolute Gasteiger partial charge is 0.493 e. The van der Waals surface area contributed by atoms with Gasteiger partial charge in [0, 0.05) is 0 Å². The summed E-state index contributed by atoms with van der Waals surface area (Å²) < 4.78 is 5.64. The van der Waals surface area contributed by atoms with Gasteiger partial charge in [0.15, 0.2) is 6.29 Å². The summed E-state index contributed by atoms with van der Waals surface area (Å²) in [5.74, 6) is 0.702. The van der Waals surface area contributed by atoms with Crippen LogP contribution in [0.2, 0.25) is 0 Å². The van der Waals surface area contributed by atoms with Gasteiger partial charge in [-0.15, -0.1) is 0 Å². The van der Waals surface area contributed by atoms with E-state index in [9.17, 15) is 4.79 Å². The molecule has 1 heterocycles. The second kappa shape index (κ2) is 7.17. The molecule has 0 radical (unpaired) electrons. The van der Waals surface area contributed by atoms with Crippen molar-refractivity contribution < 1.29 is 9.53 Å². The highest BCUT2D eigenvalue weighted by atomic mass is 16.5. The van der Waals surface area contributed by atoms with E-state index in [0.717, 1.165) is 12.7 Å². The lowest BCUT2D eigenvalue weighted by Gasteiger charge is -2.14. The normalized spacial score (nSPS) is 15.8. The van der Waals surface area contributed by atoms with Gasteiger partial charge in [-0.1, -0.05) is 12.1 Å². The second-order valence-electron chi connectivity index (χ2n) is 4.76. The number of hydrogen-bond donors (Lipinski definition) is 0. The summed E-state index contributed by atoms with van der Waals surface area (Å²) in [4.78, 5) is 13.3. The van der Waals surface area contributed by atoms with Gasteiger partial charge in [0.25, 0.3) is 0 Å². The van der Waals surface area contributed by atoms with Crippen LogP contribution in [0, 0.1) is 0 Å². The number of carbonyl (C=O) groups excluding carboxylic acids is 1. The van der Waals surface area contributed by atoms with E-state index < -0.39 is 0 Å². The Balaban J connectivity index is 1.64. The third-order valence-electron chi connectivity index (χ3n) is 3.37. The van der Waals surface area contributed by atoms with Crippen molar-refractivity contribution in [2.24, 2.45) is 0 Å². The van der Waals surface area contributed by atoms with Crippen LogP contribution in [0.25, 0.3) is 0 Å². The number of nitrogens with zero attached hydrogens (tertiary/aromatic N) is 1. The number of para-hydroxylation sites is 1. The molecule has 0 saturated carbocycles. The summed E-state index contributed by atoms with van der Waals surface area (Å²) in [6.07, 6.45) is 5.76. The molecule has 2 rings (SSSR count). The van der Waals surface area contributed by atoms with Crippen molar-refractivity contribution in [2.75, 3.05) is 26.2 Å². The molecule has 0 atom stereocenters. The van der Waals surface area contributed by atoms with Crippen LogP contribution in [0.15, 0.2) is 24.3 Å². The first kappa shape index (κ1) is 13.1. The molecule has 0 aromatic heterocycles. The van der Waals surface area contributed by atoms with Gasteiger partial charge in [-0.2, -0.15) is 0 Å². The molecule has 0 spiro atoms. The molecule has 0 N–H and O–H groups in total. The number of likely N-dealkylation sites (tertiary alicyclic amines) is 1. The number of ether oxygens (including phenoxy) is 1. The highest BCUT2D eigenvalue weighted by Gasteiger charge is 2.10. The predicted molar refractivity (Wildman–Crippen MR) is 72.2 cm³/mol. The number of carbonyl (C=O) groups is 1. The van der Waals surface area contributed by atoms with E-state index >= 15 is 0 Å². The lowest BCUT2D eigenvalue weighted by atomic mass is 10.2. The molecule has 3 nitrogen and oxygen atoms in total. The van der Waals surface area contributed by atoms with Gasteiger partial charge in [0.05, 0.1) is 12.2 Å². The predicted octanol–water partition coefficient (Wildman–Crippen LogP) is 2.75. The molecule has 1 aromatic rings. The van der Waals surface area contributed by atoms with Crippen molar-refractivity contribution in [2.45, 2.75) is 25.7 Å².